The monoisotopic (exact) mass is 327 g/mol. The first-order valence-corrected chi connectivity index (χ1v) is 8.40. The van der Waals surface area contributed by atoms with E-state index in [1.807, 2.05) is 63.2 Å². The van der Waals surface area contributed by atoms with Crippen molar-refractivity contribution in [2.75, 3.05) is 6.61 Å². The Balaban J connectivity index is 1.90. The molecule has 2 rings (SSSR count). The van der Waals surface area contributed by atoms with Crippen molar-refractivity contribution in [3.05, 3.63) is 48.0 Å². The van der Waals surface area contributed by atoms with E-state index in [-0.39, 0.29) is 24.5 Å². The predicted molar refractivity (Wildman–Crippen MR) is 95.5 cm³/mol. The van der Waals surface area contributed by atoms with Crippen LogP contribution in [0.1, 0.15) is 45.2 Å². The lowest BCUT2D eigenvalue weighted by atomic mass is 10.00. The van der Waals surface area contributed by atoms with E-state index in [0.717, 1.165) is 22.8 Å². The van der Waals surface area contributed by atoms with Gasteiger partial charge < -0.3 is 10.1 Å². The molecule has 4 nitrogen and oxygen atoms in total. The van der Waals surface area contributed by atoms with E-state index in [9.17, 15) is 9.59 Å². The summed E-state index contributed by atoms with van der Waals surface area (Å²) in [4.78, 5) is 23.6. The molecule has 0 heterocycles. The van der Waals surface area contributed by atoms with Crippen LogP contribution in [-0.2, 0) is 14.3 Å². The minimum absolute atomic E-state index is 0.155. The molecule has 0 unspecified atom stereocenters. The summed E-state index contributed by atoms with van der Waals surface area (Å²) >= 11 is 0. The molecule has 1 atom stereocenters. The van der Waals surface area contributed by atoms with Crippen molar-refractivity contribution in [3.63, 3.8) is 0 Å². The average molecular weight is 327 g/mol. The Morgan fingerprint density at radius 2 is 1.75 bits per heavy atom. The number of amides is 1. The molecule has 2 aromatic carbocycles. The van der Waals surface area contributed by atoms with E-state index in [2.05, 4.69) is 5.32 Å². The number of ether oxygens (including phenoxy) is 1. The molecule has 24 heavy (non-hydrogen) atoms. The van der Waals surface area contributed by atoms with Gasteiger partial charge in [0.1, 0.15) is 0 Å². The van der Waals surface area contributed by atoms with Gasteiger partial charge in [0.2, 0.25) is 0 Å². The zero-order valence-corrected chi connectivity index (χ0v) is 14.5. The van der Waals surface area contributed by atoms with Crippen molar-refractivity contribution >= 4 is 22.6 Å². The highest BCUT2D eigenvalue weighted by Gasteiger charge is 2.14. The van der Waals surface area contributed by atoms with Gasteiger partial charge in [-0.25, -0.2) is 0 Å². The van der Waals surface area contributed by atoms with Crippen molar-refractivity contribution in [1.29, 1.82) is 0 Å². The lowest BCUT2D eigenvalue weighted by molar-refractivity contribution is -0.149. The Bertz CT molecular complexity index is 704. The van der Waals surface area contributed by atoms with Gasteiger partial charge in [0.25, 0.3) is 5.91 Å². The highest BCUT2D eigenvalue weighted by Crippen LogP contribution is 2.23. The van der Waals surface area contributed by atoms with E-state index in [0.29, 0.717) is 12.3 Å². The maximum absolute atomic E-state index is 12.0. The Hall–Kier alpha value is -2.36. The molecule has 0 aliphatic carbocycles. The number of nitrogens with one attached hydrogen (secondary N) is 1. The lowest BCUT2D eigenvalue weighted by Crippen LogP contribution is -2.31. The highest BCUT2D eigenvalue weighted by molar-refractivity contribution is 5.87. The topological polar surface area (TPSA) is 55.4 Å². The van der Waals surface area contributed by atoms with Crippen molar-refractivity contribution in [1.82, 2.24) is 5.32 Å². The summed E-state index contributed by atoms with van der Waals surface area (Å²) in [6.45, 7) is 5.80. The lowest BCUT2D eigenvalue weighted by Gasteiger charge is -2.16. The summed E-state index contributed by atoms with van der Waals surface area (Å²) in [6, 6.07) is 13.9. The van der Waals surface area contributed by atoms with Crippen LogP contribution in [0.25, 0.3) is 10.8 Å². The molecule has 1 amide bonds. The molecule has 0 spiro atoms. The first kappa shape index (κ1) is 18.0. The summed E-state index contributed by atoms with van der Waals surface area (Å²) in [7, 11) is 0. The number of rotatable bonds is 7. The minimum atomic E-state index is -0.323. The molecule has 1 N–H and O–H groups in total. The molecule has 0 aromatic heterocycles. The first-order valence-electron chi connectivity index (χ1n) is 8.40. The normalized spacial score (nSPS) is 12.2. The second kappa shape index (κ2) is 8.48. The Morgan fingerprint density at radius 3 is 2.50 bits per heavy atom. The first-order chi connectivity index (χ1) is 11.5. The van der Waals surface area contributed by atoms with Crippen LogP contribution in [-0.4, -0.2) is 18.5 Å². The summed E-state index contributed by atoms with van der Waals surface area (Å²) in [5.41, 5.74) is 1.05. The van der Waals surface area contributed by atoms with E-state index in [1.165, 1.54) is 0 Å². The van der Waals surface area contributed by atoms with Crippen LogP contribution >= 0.6 is 0 Å². The fraction of sp³-hybridized carbons (Fsp3) is 0.400. The third kappa shape index (κ3) is 5.08. The summed E-state index contributed by atoms with van der Waals surface area (Å²) < 4.78 is 5.03. The van der Waals surface area contributed by atoms with Crippen LogP contribution in [0.4, 0.5) is 0 Å². The molecule has 0 fully saturated rings. The predicted octanol–water partition coefficient (Wildman–Crippen LogP) is 4.00. The third-order valence-electron chi connectivity index (χ3n) is 3.96. The fourth-order valence-corrected chi connectivity index (χ4v) is 2.61. The second-order valence-corrected chi connectivity index (χ2v) is 6.45. The van der Waals surface area contributed by atoms with E-state index >= 15 is 0 Å². The molecule has 0 saturated heterocycles. The van der Waals surface area contributed by atoms with Gasteiger partial charge in [-0.05, 0) is 35.6 Å². The number of carbonyl (C=O) groups excluding carboxylic acids is 2. The Labute approximate surface area is 143 Å². The molecule has 0 bridgehead atoms. The van der Waals surface area contributed by atoms with Crippen LogP contribution in [0.15, 0.2) is 42.5 Å². The number of hydrogen-bond acceptors (Lipinski definition) is 3. The molecule has 0 saturated carbocycles. The van der Waals surface area contributed by atoms with E-state index in [4.69, 9.17) is 4.74 Å². The van der Waals surface area contributed by atoms with E-state index < -0.39 is 0 Å². The summed E-state index contributed by atoms with van der Waals surface area (Å²) in [6.07, 6.45) is 1.12. The molecule has 0 radical (unpaired) electrons. The average Bonchev–Trinajstić information content (AvgIpc) is 2.57. The number of fused-ring (bicyclic) bond motifs is 1. The highest BCUT2D eigenvalue weighted by atomic mass is 16.5. The zero-order valence-electron chi connectivity index (χ0n) is 14.5. The smallest absolute Gasteiger partial charge is 0.306 e. The van der Waals surface area contributed by atoms with Crippen LogP contribution in [0, 0.1) is 5.92 Å². The SMILES string of the molecule is CC(C)CCC(=O)OCC(=O)N[C@@H](C)c1cccc2ccccc12. The van der Waals surface area contributed by atoms with Crippen LogP contribution in [0.5, 0.6) is 0 Å². The maximum atomic E-state index is 12.0. The maximum Gasteiger partial charge on any atom is 0.306 e. The van der Waals surface area contributed by atoms with Gasteiger partial charge in [-0.15, -0.1) is 0 Å². The van der Waals surface area contributed by atoms with E-state index in [1.54, 1.807) is 0 Å². The number of benzene rings is 2. The Morgan fingerprint density at radius 1 is 1.04 bits per heavy atom. The number of esters is 1. The standard InChI is InChI=1S/C20H25NO3/c1-14(2)11-12-20(23)24-13-19(22)21-15(3)17-10-6-8-16-7-4-5-9-18(16)17/h4-10,14-15H,11-13H2,1-3H3,(H,21,22)/t15-/m0/s1. The third-order valence-corrected chi connectivity index (χ3v) is 3.96. The van der Waals surface area contributed by atoms with Gasteiger partial charge in [-0.2, -0.15) is 0 Å². The second-order valence-electron chi connectivity index (χ2n) is 6.45. The van der Waals surface area contributed by atoms with Gasteiger partial charge in [0, 0.05) is 6.42 Å². The fourth-order valence-electron chi connectivity index (χ4n) is 2.61. The summed E-state index contributed by atoms with van der Waals surface area (Å²) in [5.74, 6) is -0.164. The van der Waals surface area contributed by atoms with Gasteiger partial charge in [-0.3, -0.25) is 9.59 Å². The van der Waals surface area contributed by atoms with Crippen LogP contribution < -0.4 is 5.32 Å². The Kier molecular flexibility index (Phi) is 6.36. The van der Waals surface area contributed by atoms with Gasteiger partial charge in [0.15, 0.2) is 6.61 Å². The van der Waals surface area contributed by atoms with Crippen molar-refractivity contribution < 1.29 is 14.3 Å². The molecular formula is C20H25NO3. The van der Waals surface area contributed by atoms with Crippen molar-refractivity contribution in [2.45, 2.75) is 39.7 Å². The largest absolute Gasteiger partial charge is 0.456 e. The zero-order chi connectivity index (χ0) is 17.5. The molecule has 4 heteroatoms. The molecule has 0 aliphatic heterocycles. The van der Waals surface area contributed by atoms with Crippen LogP contribution in [0.2, 0.25) is 0 Å². The quantitative estimate of drug-likeness (QED) is 0.782. The van der Waals surface area contributed by atoms with Crippen molar-refractivity contribution in [2.24, 2.45) is 5.92 Å². The molecule has 0 aliphatic rings. The molecule has 2 aromatic rings. The number of hydrogen-bond donors (Lipinski definition) is 1. The molecule has 128 valence electrons. The number of carbonyl (C=O) groups is 2. The van der Waals surface area contributed by atoms with Crippen molar-refractivity contribution in [3.8, 4) is 0 Å². The minimum Gasteiger partial charge on any atom is -0.456 e. The van der Waals surface area contributed by atoms with Gasteiger partial charge in [-0.1, -0.05) is 56.3 Å². The molecular weight excluding hydrogens is 302 g/mol. The summed E-state index contributed by atoms with van der Waals surface area (Å²) in [5, 5.41) is 5.14. The van der Waals surface area contributed by atoms with Gasteiger partial charge in [0.05, 0.1) is 6.04 Å². The van der Waals surface area contributed by atoms with Gasteiger partial charge >= 0.3 is 5.97 Å². The van der Waals surface area contributed by atoms with Crippen LogP contribution in [0.3, 0.4) is 0 Å².